The van der Waals surface area contributed by atoms with E-state index in [9.17, 15) is 4.79 Å². The minimum atomic E-state index is -0.0594. The fourth-order valence-electron chi connectivity index (χ4n) is 1.68. The van der Waals surface area contributed by atoms with Gasteiger partial charge in [0, 0.05) is 18.7 Å². The summed E-state index contributed by atoms with van der Waals surface area (Å²) in [6.07, 6.45) is 2.54. The second-order valence-corrected chi connectivity index (χ2v) is 5.27. The molecule has 0 saturated heterocycles. The number of nitrogens with zero attached hydrogens (tertiary/aromatic N) is 2. The van der Waals surface area contributed by atoms with Crippen LogP contribution >= 0.6 is 11.3 Å². The molecule has 2 heterocycles. The van der Waals surface area contributed by atoms with Crippen LogP contribution in [0.4, 0.5) is 5.69 Å². The molecule has 0 fully saturated rings. The maximum atomic E-state index is 11.8. The molecule has 0 unspecified atom stereocenters. The molecule has 0 radical (unpaired) electrons. The maximum absolute atomic E-state index is 11.8. The van der Waals surface area contributed by atoms with Gasteiger partial charge in [0.25, 0.3) is 5.56 Å². The molecule has 18 heavy (non-hydrogen) atoms. The van der Waals surface area contributed by atoms with Crippen LogP contribution < -0.4 is 10.9 Å². The van der Waals surface area contributed by atoms with Crippen LogP contribution in [0.2, 0.25) is 0 Å². The van der Waals surface area contributed by atoms with Gasteiger partial charge in [-0.25, -0.2) is 4.68 Å². The van der Waals surface area contributed by atoms with E-state index >= 15 is 0 Å². The molecule has 0 atom stereocenters. The lowest BCUT2D eigenvalue weighted by molar-refractivity contribution is 0.579. The van der Waals surface area contributed by atoms with E-state index in [-0.39, 0.29) is 5.56 Å². The average molecular weight is 263 g/mol. The van der Waals surface area contributed by atoms with E-state index in [1.54, 1.807) is 23.6 Å². The lowest BCUT2D eigenvalue weighted by atomic mass is 10.2. The summed E-state index contributed by atoms with van der Waals surface area (Å²) in [4.78, 5) is 11.8. The summed E-state index contributed by atoms with van der Waals surface area (Å²) in [5.74, 6) is 0. The Bertz CT molecular complexity index is 546. The Kier molecular flexibility index (Phi) is 4.15. The quantitative estimate of drug-likeness (QED) is 0.901. The van der Waals surface area contributed by atoms with Crippen molar-refractivity contribution in [1.29, 1.82) is 0 Å². The zero-order chi connectivity index (χ0) is 13.0. The van der Waals surface area contributed by atoms with Crippen LogP contribution in [-0.4, -0.2) is 15.8 Å². The fourth-order valence-corrected chi connectivity index (χ4v) is 2.39. The molecule has 2 aromatic rings. The van der Waals surface area contributed by atoms with E-state index in [1.165, 1.54) is 10.2 Å². The van der Waals surface area contributed by atoms with Crippen molar-refractivity contribution in [2.45, 2.75) is 32.9 Å². The summed E-state index contributed by atoms with van der Waals surface area (Å²) in [5, 5.41) is 11.5. The maximum Gasteiger partial charge on any atom is 0.268 e. The Hall–Kier alpha value is -1.62. The summed E-state index contributed by atoms with van der Waals surface area (Å²) >= 11 is 1.67. The van der Waals surface area contributed by atoms with Gasteiger partial charge in [0.2, 0.25) is 0 Å². The molecule has 2 aromatic heterocycles. The van der Waals surface area contributed by atoms with Gasteiger partial charge < -0.3 is 5.32 Å². The molecule has 0 bridgehead atoms. The van der Waals surface area contributed by atoms with Gasteiger partial charge in [0.1, 0.15) is 0 Å². The van der Waals surface area contributed by atoms with Crippen molar-refractivity contribution in [3.8, 4) is 0 Å². The Morgan fingerprint density at radius 3 is 2.94 bits per heavy atom. The van der Waals surface area contributed by atoms with Crippen LogP contribution in [0, 0.1) is 0 Å². The van der Waals surface area contributed by atoms with Gasteiger partial charge in [-0.3, -0.25) is 4.79 Å². The summed E-state index contributed by atoms with van der Waals surface area (Å²) in [6.45, 7) is 4.68. The molecule has 96 valence electrons. The van der Waals surface area contributed by atoms with Crippen molar-refractivity contribution in [3.63, 3.8) is 0 Å². The van der Waals surface area contributed by atoms with Crippen molar-refractivity contribution in [3.05, 3.63) is 45.0 Å². The second-order valence-electron chi connectivity index (χ2n) is 4.49. The Morgan fingerprint density at radius 2 is 2.33 bits per heavy atom. The minimum absolute atomic E-state index is 0.0594. The molecule has 0 aromatic carbocycles. The molecular formula is C13H17N3OS. The first kappa shape index (κ1) is 12.8. The highest BCUT2D eigenvalue weighted by molar-refractivity contribution is 7.07. The topological polar surface area (TPSA) is 46.9 Å². The van der Waals surface area contributed by atoms with Gasteiger partial charge in [0.05, 0.1) is 11.9 Å². The number of hydrogen-bond acceptors (Lipinski definition) is 4. The number of hydrogen-bond donors (Lipinski definition) is 1. The summed E-state index contributed by atoms with van der Waals surface area (Å²) in [6, 6.07) is 3.97. The Morgan fingerprint density at radius 1 is 1.50 bits per heavy atom. The highest BCUT2D eigenvalue weighted by Gasteiger charge is 2.02. The molecule has 1 N–H and O–H groups in total. The van der Waals surface area contributed by atoms with Crippen molar-refractivity contribution in [2.24, 2.45) is 0 Å². The van der Waals surface area contributed by atoms with Crippen LogP contribution in [0.1, 0.15) is 19.4 Å². The van der Waals surface area contributed by atoms with Crippen molar-refractivity contribution in [1.82, 2.24) is 9.78 Å². The Balaban J connectivity index is 2.03. The zero-order valence-electron chi connectivity index (χ0n) is 10.6. The second kappa shape index (κ2) is 5.82. The highest BCUT2D eigenvalue weighted by atomic mass is 32.1. The number of thiophene rings is 1. The number of rotatable bonds is 5. The molecule has 2 rings (SSSR count). The predicted molar refractivity (Wildman–Crippen MR) is 75.3 cm³/mol. The van der Waals surface area contributed by atoms with E-state index in [2.05, 4.69) is 21.9 Å². The van der Waals surface area contributed by atoms with Crippen LogP contribution in [0.5, 0.6) is 0 Å². The molecule has 0 aliphatic heterocycles. The largest absolute Gasteiger partial charge is 0.381 e. The molecule has 4 nitrogen and oxygen atoms in total. The standard InChI is InChI=1S/C13H17N3OS/c1-10(2)15-12-7-13(17)16(14-8-12)5-3-11-4-6-18-9-11/h4,6-10,15H,3,5H2,1-2H3. The van der Waals surface area contributed by atoms with Crippen molar-refractivity contribution >= 4 is 17.0 Å². The normalized spacial score (nSPS) is 10.8. The van der Waals surface area contributed by atoms with E-state index in [1.807, 2.05) is 19.2 Å². The monoisotopic (exact) mass is 263 g/mol. The number of anilines is 1. The third kappa shape index (κ3) is 3.43. The molecule has 5 heteroatoms. The van der Waals surface area contributed by atoms with E-state index in [0.29, 0.717) is 12.6 Å². The molecule has 0 saturated carbocycles. The first-order chi connectivity index (χ1) is 8.65. The van der Waals surface area contributed by atoms with Crippen LogP contribution in [0.3, 0.4) is 0 Å². The predicted octanol–water partition coefficient (Wildman–Crippen LogP) is 2.37. The molecule has 0 aliphatic carbocycles. The highest BCUT2D eigenvalue weighted by Crippen LogP contribution is 2.07. The van der Waals surface area contributed by atoms with Gasteiger partial charge in [-0.2, -0.15) is 16.4 Å². The van der Waals surface area contributed by atoms with Gasteiger partial charge in [-0.05, 0) is 42.7 Å². The molecule has 0 amide bonds. The average Bonchev–Trinajstić information content (AvgIpc) is 2.80. The lowest BCUT2D eigenvalue weighted by Crippen LogP contribution is -2.24. The smallest absolute Gasteiger partial charge is 0.268 e. The van der Waals surface area contributed by atoms with E-state index in [4.69, 9.17) is 0 Å². The summed E-state index contributed by atoms with van der Waals surface area (Å²) in [7, 11) is 0. The zero-order valence-corrected chi connectivity index (χ0v) is 11.4. The third-order valence-electron chi connectivity index (χ3n) is 2.52. The van der Waals surface area contributed by atoms with Gasteiger partial charge in [0.15, 0.2) is 0 Å². The molecular weight excluding hydrogens is 246 g/mol. The van der Waals surface area contributed by atoms with Gasteiger partial charge >= 0.3 is 0 Å². The number of nitrogens with one attached hydrogen (secondary N) is 1. The Labute approximate surface area is 110 Å². The van der Waals surface area contributed by atoms with E-state index < -0.39 is 0 Å². The lowest BCUT2D eigenvalue weighted by Gasteiger charge is -2.10. The third-order valence-corrected chi connectivity index (χ3v) is 3.25. The first-order valence-corrected chi connectivity index (χ1v) is 6.94. The summed E-state index contributed by atoms with van der Waals surface area (Å²) < 4.78 is 1.50. The summed E-state index contributed by atoms with van der Waals surface area (Å²) in [5.41, 5.74) is 1.97. The fraction of sp³-hybridized carbons (Fsp3) is 0.385. The van der Waals surface area contributed by atoms with E-state index in [0.717, 1.165) is 12.1 Å². The van der Waals surface area contributed by atoms with Crippen LogP contribution in [0.15, 0.2) is 33.9 Å². The van der Waals surface area contributed by atoms with Crippen molar-refractivity contribution < 1.29 is 0 Å². The molecule has 0 aliphatic rings. The van der Waals surface area contributed by atoms with Crippen LogP contribution in [-0.2, 0) is 13.0 Å². The van der Waals surface area contributed by atoms with Crippen molar-refractivity contribution in [2.75, 3.05) is 5.32 Å². The number of aromatic nitrogens is 2. The number of aryl methyl sites for hydroxylation is 2. The SMILES string of the molecule is CC(C)Nc1cnn(CCc2ccsc2)c(=O)c1. The van der Waals surface area contributed by atoms with Gasteiger partial charge in [-0.1, -0.05) is 0 Å². The molecule has 0 spiro atoms. The first-order valence-electron chi connectivity index (χ1n) is 6.00. The van der Waals surface area contributed by atoms with Crippen LogP contribution in [0.25, 0.3) is 0 Å². The minimum Gasteiger partial charge on any atom is -0.381 e. The van der Waals surface area contributed by atoms with Gasteiger partial charge in [-0.15, -0.1) is 0 Å².